The quantitative estimate of drug-likeness (QED) is 0.640. The average Bonchev–Trinajstić information content (AvgIpc) is 2.05. The van der Waals surface area contributed by atoms with Crippen molar-refractivity contribution >= 4 is 6.16 Å². The van der Waals surface area contributed by atoms with E-state index in [9.17, 15) is 4.79 Å². The van der Waals surface area contributed by atoms with E-state index in [4.69, 9.17) is 9.84 Å². The Bertz CT molecular complexity index is 191. The maximum Gasteiger partial charge on any atom is 0.506 e. The summed E-state index contributed by atoms with van der Waals surface area (Å²) in [6, 6.07) is 0. The van der Waals surface area contributed by atoms with E-state index < -0.39 is 6.16 Å². The molecule has 0 bridgehead atoms. The molecule has 1 saturated carbocycles. The Balaban J connectivity index is 2.60. The molecule has 0 saturated heterocycles. The molecule has 0 spiro atoms. The van der Waals surface area contributed by atoms with Gasteiger partial charge in [0.2, 0.25) is 0 Å². The van der Waals surface area contributed by atoms with Crippen LogP contribution in [0.5, 0.6) is 0 Å². The fraction of sp³-hybridized carbons (Fsp3) is 0.900. The van der Waals surface area contributed by atoms with Gasteiger partial charge in [-0.2, -0.15) is 0 Å². The summed E-state index contributed by atoms with van der Waals surface area (Å²) in [5.74, 6) is 1.28. The van der Waals surface area contributed by atoms with Crippen LogP contribution in [0.3, 0.4) is 0 Å². The molecule has 1 fully saturated rings. The van der Waals surface area contributed by atoms with Crippen molar-refractivity contribution in [3.63, 3.8) is 0 Å². The van der Waals surface area contributed by atoms with E-state index in [-0.39, 0.29) is 6.10 Å². The molecule has 0 heterocycles. The van der Waals surface area contributed by atoms with Crippen LogP contribution in [0.4, 0.5) is 4.79 Å². The van der Waals surface area contributed by atoms with Crippen LogP contribution in [0.2, 0.25) is 0 Å². The molecule has 1 N–H and O–H groups in total. The number of ether oxygens (including phenoxy) is 1. The van der Waals surface area contributed by atoms with Crippen LogP contribution in [0, 0.1) is 17.8 Å². The summed E-state index contributed by atoms with van der Waals surface area (Å²) in [6.45, 7) is 6.30. The van der Waals surface area contributed by atoms with Gasteiger partial charge < -0.3 is 9.84 Å². The van der Waals surface area contributed by atoms with Crippen LogP contribution in [0.15, 0.2) is 0 Å². The Morgan fingerprint density at radius 1 is 1.23 bits per heavy atom. The van der Waals surface area contributed by atoms with Gasteiger partial charge in [-0.3, -0.25) is 0 Å². The molecule has 0 amide bonds. The molecule has 4 unspecified atom stereocenters. The predicted octanol–water partition coefficient (Wildman–Crippen LogP) is 2.75. The second-order valence-electron chi connectivity index (χ2n) is 4.24. The first-order valence-corrected chi connectivity index (χ1v) is 4.92. The number of carbonyl (C=O) groups is 1. The van der Waals surface area contributed by atoms with Gasteiger partial charge in [0.25, 0.3) is 0 Å². The lowest BCUT2D eigenvalue weighted by molar-refractivity contribution is -0.0327. The Labute approximate surface area is 79.1 Å². The van der Waals surface area contributed by atoms with Crippen LogP contribution in [0.25, 0.3) is 0 Å². The third-order valence-electron chi connectivity index (χ3n) is 3.29. The predicted molar refractivity (Wildman–Crippen MR) is 49.6 cm³/mol. The average molecular weight is 186 g/mol. The maximum absolute atomic E-state index is 10.4. The van der Waals surface area contributed by atoms with Gasteiger partial charge in [0.05, 0.1) is 0 Å². The first-order chi connectivity index (χ1) is 6.02. The molecule has 1 aliphatic carbocycles. The molecular weight excluding hydrogens is 168 g/mol. The highest BCUT2D eigenvalue weighted by molar-refractivity contribution is 5.57. The summed E-state index contributed by atoms with van der Waals surface area (Å²) in [5.41, 5.74) is 0. The highest BCUT2D eigenvalue weighted by atomic mass is 16.7. The van der Waals surface area contributed by atoms with Gasteiger partial charge in [-0.1, -0.05) is 20.8 Å². The zero-order valence-corrected chi connectivity index (χ0v) is 8.49. The Kier molecular flexibility index (Phi) is 3.17. The van der Waals surface area contributed by atoms with Crippen LogP contribution < -0.4 is 0 Å². The summed E-state index contributed by atoms with van der Waals surface area (Å²) < 4.78 is 4.90. The minimum Gasteiger partial charge on any atom is -0.450 e. The van der Waals surface area contributed by atoms with Gasteiger partial charge >= 0.3 is 6.16 Å². The fourth-order valence-electron chi connectivity index (χ4n) is 2.13. The smallest absolute Gasteiger partial charge is 0.450 e. The standard InChI is InChI=1S/C10H18O3/c1-6-4-5-7(2)9(8(6)3)13-10(11)12/h6-9H,4-5H2,1-3H3,(H,11,12). The van der Waals surface area contributed by atoms with Crippen LogP contribution >= 0.6 is 0 Å². The summed E-state index contributed by atoms with van der Waals surface area (Å²) >= 11 is 0. The lowest BCUT2D eigenvalue weighted by atomic mass is 9.74. The zero-order valence-electron chi connectivity index (χ0n) is 8.49. The molecule has 0 aliphatic heterocycles. The van der Waals surface area contributed by atoms with Crippen molar-refractivity contribution in [1.82, 2.24) is 0 Å². The van der Waals surface area contributed by atoms with Crippen molar-refractivity contribution in [3.8, 4) is 0 Å². The van der Waals surface area contributed by atoms with Gasteiger partial charge in [-0.25, -0.2) is 4.79 Å². The maximum atomic E-state index is 10.4. The topological polar surface area (TPSA) is 46.5 Å². The second-order valence-corrected chi connectivity index (χ2v) is 4.24. The highest BCUT2D eigenvalue weighted by Crippen LogP contribution is 2.35. The van der Waals surface area contributed by atoms with Crippen molar-refractivity contribution in [3.05, 3.63) is 0 Å². The Morgan fingerprint density at radius 3 is 2.31 bits per heavy atom. The van der Waals surface area contributed by atoms with Gasteiger partial charge in [0.15, 0.2) is 0 Å². The summed E-state index contributed by atoms with van der Waals surface area (Å²) in [4.78, 5) is 10.4. The largest absolute Gasteiger partial charge is 0.506 e. The molecule has 0 aromatic heterocycles. The lowest BCUT2D eigenvalue weighted by Gasteiger charge is -2.37. The molecule has 4 atom stereocenters. The van der Waals surface area contributed by atoms with Crippen LogP contribution in [0.1, 0.15) is 33.6 Å². The van der Waals surface area contributed by atoms with Crippen molar-refractivity contribution in [2.45, 2.75) is 39.7 Å². The van der Waals surface area contributed by atoms with E-state index in [0.717, 1.165) is 6.42 Å². The summed E-state index contributed by atoms with van der Waals surface area (Å²) in [7, 11) is 0. The molecule has 13 heavy (non-hydrogen) atoms. The van der Waals surface area contributed by atoms with Crippen molar-refractivity contribution in [2.75, 3.05) is 0 Å². The molecular formula is C10H18O3. The summed E-state index contributed by atoms with van der Waals surface area (Å²) in [6.07, 6.45) is 1.00. The molecule has 0 aromatic carbocycles. The number of carboxylic acid groups (broad SMARTS) is 1. The first-order valence-electron chi connectivity index (χ1n) is 4.92. The fourth-order valence-corrected chi connectivity index (χ4v) is 2.13. The van der Waals surface area contributed by atoms with E-state index >= 15 is 0 Å². The first kappa shape index (κ1) is 10.4. The Hall–Kier alpha value is -0.730. The van der Waals surface area contributed by atoms with Gasteiger partial charge in [-0.15, -0.1) is 0 Å². The molecule has 3 nitrogen and oxygen atoms in total. The minimum absolute atomic E-state index is 0.110. The SMILES string of the molecule is CC1CCC(C)C(OC(=O)O)C1C. The van der Waals surface area contributed by atoms with Gasteiger partial charge in [0, 0.05) is 0 Å². The summed E-state index contributed by atoms with van der Waals surface area (Å²) in [5, 5.41) is 8.57. The molecule has 76 valence electrons. The monoisotopic (exact) mass is 186 g/mol. The third-order valence-corrected chi connectivity index (χ3v) is 3.29. The molecule has 0 radical (unpaired) electrons. The van der Waals surface area contributed by atoms with E-state index in [1.54, 1.807) is 0 Å². The molecule has 1 rings (SSSR count). The number of rotatable bonds is 1. The van der Waals surface area contributed by atoms with Gasteiger partial charge in [0.1, 0.15) is 6.10 Å². The van der Waals surface area contributed by atoms with E-state index in [2.05, 4.69) is 20.8 Å². The van der Waals surface area contributed by atoms with Crippen LogP contribution in [-0.2, 0) is 4.74 Å². The van der Waals surface area contributed by atoms with E-state index in [1.807, 2.05) is 0 Å². The van der Waals surface area contributed by atoms with E-state index in [0.29, 0.717) is 17.8 Å². The normalized spacial score (nSPS) is 39.9. The zero-order chi connectivity index (χ0) is 10.0. The van der Waals surface area contributed by atoms with Crippen LogP contribution in [-0.4, -0.2) is 17.4 Å². The van der Waals surface area contributed by atoms with Crippen molar-refractivity contribution in [1.29, 1.82) is 0 Å². The van der Waals surface area contributed by atoms with E-state index in [1.165, 1.54) is 6.42 Å². The second kappa shape index (κ2) is 3.99. The number of hydrogen-bond acceptors (Lipinski definition) is 2. The highest BCUT2D eigenvalue weighted by Gasteiger charge is 2.34. The minimum atomic E-state index is -1.14. The van der Waals surface area contributed by atoms with Gasteiger partial charge in [-0.05, 0) is 30.6 Å². The third kappa shape index (κ3) is 2.36. The number of hydrogen-bond donors (Lipinski definition) is 1. The lowest BCUT2D eigenvalue weighted by Crippen LogP contribution is -2.38. The Morgan fingerprint density at radius 2 is 1.77 bits per heavy atom. The van der Waals surface area contributed by atoms with Crippen molar-refractivity contribution in [2.24, 2.45) is 17.8 Å². The molecule has 0 aromatic rings. The molecule has 1 aliphatic rings. The van der Waals surface area contributed by atoms with Crippen molar-refractivity contribution < 1.29 is 14.6 Å². The molecule has 3 heteroatoms.